The molecule has 4 aromatic rings. The van der Waals surface area contributed by atoms with Crippen molar-refractivity contribution in [2.24, 2.45) is 0 Å². The molecule has 0 atom stereocenters. The Labute approximate surface area is 215 Å². The molecule has 2 aliphatic carbocycles. The van der Waals surface area contributed by atoms with Crippen molar-refractivity contribution in [3.05, 3.63) is 112 Å². The van der Waals surface area contributed by atoms with Gasteiger partial charge in [0.1, 0.15) is 0 Å². The third-order valence-electron chi connectivity index (χ3n) is 7.25. The van der Waals surface area contributed by atoms with Crippen LogP contribution in [0.3, 0.4) is 0 Å². The van der Waals surface area contributed by atoms with Gasteiger partial charge in [0.2, 0.25) is 0 Å². The minimum Gasteiger partial charge on any atom is -0.286 e. The van der Waals surface area contributed by atoms with Gasteiger partial charge >= 0.3 is 0 Å². The van der Waals surface area contributed by atoms with Gasteiger partial charge in [-0.25, -0.2) is 5.06 Å². The Hall–Kier alpha value is -3.73. The average Bonchev–Trinajstić information content (AvgIpc) is 3.41. The van der Waals surface area contributed by atoms with E-state index in [1.807, 2.05) is 23.5 Å². The SMILES string of the molecule is CN(O)C(=O)C=Cc1ccc(-c2ccc(C3=Cc4ccc5c(c4CC3)CCc3ccccc3-5)s2)cc1. The lowest BCUT2D eigenvalue weighted by molar-refractivity contribution is -0.153. The Balaban J connectivity index is 1.24. The third-order valence-corrected chi connectivity index (χ3v) is 8.46. The van der Waals surface area contributed by atoms with Gasteiger partial charge in [-0.15, -0.1) is 11.3 Å². The third kappa shape index (κ3) is 4.23. The van der Waals surface area contributed by atoms with E-state index >= 15 is 0 Å². The lowest BCUT2D eigenvalue weighted by Gasteiger charge is -2.26. The van der Waals surface area contributed by atoms with Gasteiger partial charge in [-0.05, 0) is 94.0 Å². The zero-order chi connectivity index (χ0) is 24.6. The number of carbonyl (C=O) groups excluding carboxylic acids is 1. The molecule has 0 saturated heterocycles. The van der Waals surface area contributed by atoms with Gasteiger partial charge in [-0.3, -0.25) is 10.0 Å². The Morgan fingerprint density at radius 2 is 1.61 bits per heavy atom. The first-order chi connectivity index (χ1) is 17.6. The zero-order valence-corrected chi connectivity index (χ0v) is 21.0. The molecular formula is C32H27NO2S. The lowest BCUT2D eigenvalue weighted by atomic mass is 9.78. The maximum absolute atomic E-state index is 11.5. The van der Waals surface area contributed by atoms with Crippen LogP contribution in [-0.4, -0.2) is 23.2 Å². The van der Waals surface area contributed by atoms with Crippen LogP contribution in [0.25, 0.3) is 39.3 Å². The topological polar surface area (TPSA) is 40.5 Å². The van der Waals surface area contributed by atoms with Crippen LogP contribution >= 0.6 is 11.3 Å². The van der Waals surface area contributed by atoms with E-state index in [4.69, 9.17) is 0 Å². The number of benzene rings is 3. The maximum Gasteiger partial charge on any atom is 0.269 e. The fourth-order valence-corrected chi connectivity index (χ4v) is 6.41. The van der Waals surface area contributed by atoms with E-state index in [-0.39, 0.29) is 0 Å². The molecule has 0 radical (unpaired) electrons. The number of nitrogens with zero attached hydrogens (tertiary/aromatic N) is 1. The number of thiophene rings is 1. The molecule has 3 nitrogen and oxygen atoms in total. The van der Waals surface area contributed by atoms with Gasteiger partial charge in [-0.2, -0.15) is 0 Å². The molecule has 36 heavy (non-hydrogen) atoms. The summed E-state index contributed by atoms with van der Waals surface area (Å²) in [5.41, 5.74) is 12.3. The molecule has 0 spiro atoms. The van der Waals surface area contributed by atoms with Crippen molar-refractivity contribution < 1.29 is 10.0 Å². The number of hydrogen-bond acceptors (Lipinski definition) is 3. The summed E-state index contributed by atoms with van der Waals surface area (Å²) in [6, 6.07) is 26.1. The van der Waals surface area contributed by atoms with Crippen LogP contribution in [0.15, 0.2) is 78.9 Å². The number of fused-ring (bicyclic) bond motifs is 5. The predicted octanol–water partition coefficient (Wildman–Crippen LogP) is 7.53. The van der Waals surface area contributed by atoms with Gasteiger partial charge in [0, 0.05) is 22.9 Å². The number of carbonyl (C=O) groups is 1. The molecule has 0 aliphatic heterocycles. The smallest absolute Gasteiger partial charge is 0.269 e. The summed E-state index contributed by atoms with van der Waals surface area (Å²) in [5.74, 6) is -0.449. The summed E-state index contributed by atoms with van der Waals surface area (Å²) in [4.78, 5) is 14.1. The first-order valence-corrected chi connectivity index (χ1v) is 13.2. The second-order valence-corrected chi connectivity index (χ2v) is 10.6. The van der Waals surface area contributed by atoms with Crippen molar-refractivity contribution in [2.75, 3.05) is 7.05 Å². The molecule has 4 heteroatoms. The first kappa shape index (κ1) is 22.7. The fourth-order valence-electron chi connectivity index (χ4n) is 5.35. The standard InChI is InChI=1S/C32H27NO2S/c1-33(35)32(34)19-8-21-6-9-23(10-7-21)30-17-18-31(36-30)25-13-14-27-24(20-25)12-16-28-26-5-3-2-4-22(26)11-15-29(27)28/h2-10,12,16-20,35H,11,13-15H2,1H3. The molecule has 0 fully saturated rings. The normalized spacial score (nSPS) is 14.1. The van der Waals surface area contributed by atoms with Crippen LogP contribution in [0.2, 0.25) is 0 Å². The number of hydroxylamine groups is 2. The molecule has 0 unspecified atom stereocenters. The van der Waals surface area contributed by atoms with Crippen molar-refractivity contribution in [3.63, 3.8) is 0 Å². The van der Waals surface area contributed by atoms with Crippen molar-refractivity contribution in [1.29, 1.82) is 0 Å². The number of allylic oxidation sites excluding steroid dienone is 1. The number of aryl methyl sites for hydroxylation is 1. The molecule has 178 valence electrons. The summed E-state index contributed by atoms with van der Waals surface area (Å²) >= 11 is 1.83. The monoisotopic (exact) mass is 489 g/mol. The van der Waals surface area contributed by atoms with E-state index in [9.17, 15) is 10.0 Å². The van der Waals surface area contributed by atoms with E-state index in [1.54, 1.807) is 11.6 Å². The van der Waals surface area contributed by atoms with Gasteiger partial charge in [0.15, 0.2) is 0 Å². The van der Waals surface area contributed by atoms with E-state index in [1.165, 1.54) is 61.8 Å². The molecule has 2 aliphatic rings. The summed E-state index contributed by atoms with van der Waals surface area (Å²) in [7, 11) is 1.32. The molecule has 1 amide bonds. The minimum atomic E-state index is -0.449. The predicted molar refractivity (Wildman–Crippen MR) is 149 cm³/mol. The second kappa shape index (κ2) is 9.38. The lowest BCUT2D eigenvalue weighted by Crippen LogP contribution is -2.19. The number of rotatable bonds is 4. The summed E-state index contributed by atoms with van der Waals surface area (Å²) in [5, 5.41) is 9.75. The first-order valence-electron chi connectivity index (χ1n) is 12.4. The summed E-state index contributed by atoms with van der Waals surface area (Å²) in [6.07, 6.45) is 9.91. The molecule has 0 bridgehead atoms. The highest BCUT2D eigenvalue weighted by Crippen LogP contribution is 2.42. The highest BCUT2D eigenvalue weighted by molar-refractivity contribution is 7.16. The second-order valence-electron chi connectivity index (χ2n) is 9.47. The van der Waals surface area contributed by atoms with Crippen molar-refractivity contribution in [2.45, 2.75) is 25.7 Å². The molecular weight excluding hydrogens is 462 g/mol. The maximum atomic E-state index is 11.5. The Kier molecular flexibility index (Phi) is 5.92. The summed E-state index contributed by atoms with van der Waals surface area (Å²) < 4.78 is 0. The van der Waals surface area contributed by atoms with Crippen molar-refractivity contribution >= 4 is 35.0 Å². The highest BCUT2D eigenvalue weighted by Gasteiger charge is 2.22. The largest absolute Gasteiger partial charge is 0.286 e. The van der Waals surface area contributed by atoms with Crippen LogP contribution < -0.4 is 0 Å². The van der Waals surface area contributed by atoms with E-state index in [2.05, 4.69) is 66.7 Å². The van der Waals surface area contributed by atoms with Crippen LogP contribution in [0, 0.1) is 0 Å². The van der Waals surface area contributed by atoms with Crippen LogP contribution in [0.4, 0.5) is 0 Å². The van der Waals surface area contributed by atoms with Crippen LogP contribution in [-0.2, 0) is 24.1 Å². The Morgan fingerprint density at radius 3 is 2.44 bits per heavy atom. The average molecular weight is 490 g/mol. The molecule has 1 N–H and O–H groups in total. The van der Waals surface area contributed by atoms with Gasteiger partial charge in [0.05, 0.1) is 0 Å². The quantitative estimate of drug-likeness (QED) is 0.183. The molecule has 1 aromatic heterocycles. The number of likely N-dealkylation sites (N-methyl/N-ethyl adjacent to an activating group) is 1. The number of amides is 1. The number of hydrogen-bond donors (Lipinski definition) is 1. The fraction of sp³-hybridized carbons (Fsp3) is 0.156. The van der Waals surface area contributed by atoms with Crippen molar-refractivity contribution in [1.82, 2.24) is 5.06 Å². The highest BCUT2D eigenvalue weighted by atomic mass is 32.1. The molecule has 1 heterocycles. The van der Waals surface area contributed by atoms with Gasteiger partial charge < -0.3 is 0 Å². The van der Waals surface area contributed by atoms with Crippen LogP contribution in [0.1, 0.15) is 39.1 Å². The Morgan fingerprint density at radius 1 is 0.833 bits per heavy atom. The van der Waals surface area contributed by atoms with Gasteiger partial charge in [-0.1, -0.05) is 66.7 Å². The van der Waals surface area contributed by atoms with Crippen molar-refractivity contribution in [3.8, 4) is 21.6 Å². The van der Waals surface area contributed by atoms with E-state index in [0.717, 1.165) is 31.2 Å². The Bertz CT molecular complexity index is 1520. The molecule has 3 aromatic carbocycles. The zero-order valence-electron chi connectivity index (χ0n) is 20.2. The van der Waals surface area contributed by atoms with E-state index < -0.39 is 5.91 Å². The van der Waals surface area contributed by atoms with E-state index in [0.29, 0.717) is 5.06 Å². The minimum absolute atomic E-state index is 0.449. The van der Waals surface area contributed by atoms with Crippen LogP contribution in [0.5, 0.6) is 0 Å². The van der Waals surface area contributed by atoms with Gasteiger partial charge in [0.25, 0.3) is 5.91 Å². The molecule has 6 rings (SSSR count). The summed E-state index contributed by atoms with van der Waals surface area (Å²) in [6.45, 7) is 0. The molecule has 0 saturated carbocycles.